The van der Waals surface area contributed by atoms with Crippen molar-refractivity contribution in [1.82, 2.24) is 9.88 Å². The van der Waals surface area contributed by atoms with Gasteiger partial charge in [-0.1, -0.05) is 13.8 Å². The van der Waals surface area contributed by atoms with Crippen molar-refractivity contribution < 1.29 is 4.79 Å². The summed E-state index contributed by atoms with van der Waals surface area (Å²) in [6.07, 6.45) is 1.98. The van der Waals surface area contributed by atoms with Crippen molar-refractivity contribution in [2.45, 2.75) is 27.2 Å². The molecule has 0 unspecified atom stereocenters. The van der Waals surface area contributed by atoms with E-state index in [4.69, 9.17) is 5.26 Å². The van der Waals surface area contributed by atoms with E-state index in [1.807, 2.05) is 6.92 Å². The highest BCUT2D eigenvalue weighted by molar-refractivity contribution is 7.13. The van der Waals surface area contributed by atoms with E-state index in [0.717, 1.165) is 5.01 Å². The molecule has 0 atom stereocenters. The molecule has 0 saturated carbocycles. The molecule has 92 valence electrons. The summed E-state index contributed by atoms with van der Waals surface area (Å²) in [5.41, 5.74) is 0. The minimum atomic E-state index is -0.0143. The first-order chi connectivity index (χ1) is 8.04. The van der Waals surface area contributed by atoms with Crippen molar-refractivity contribution in [3.63, 3.8) is 0 Å². The quantitative estimate of drug-likeness (QED) is 0.807. The Hall–Kier alpha value is -1.41. The Labute approximate surface area is 106 Å². The van der Waals surface area contributed by atoms with Crippen LogP contribution in [-0.2, 0) is 0 Å². The minimum absolute atomic E-state index is 0.0143. The summed E-state index contributed by atoms with van der Waals surface area (Å²) < 4.78 is 0. The number of aromatic nitrogens is 1. The van der Waals surface area contributed by atoms with Crippen LogP contribution in [0.2, 0.25) is 0 Å². The number of nitrogens with zero attached hydrogens (tertiary/aromatic N) is 3. The molecule has 0 saturated heterocycles. The zero-order valence-electron chi connectivity index (χ0n) is 10.4. The van der Waals surface area contributed by atoms with Gasteiger partial charge in [0.1, 0.15) is 4.88 Å². The summed E-state index contributed by atoms with van der Waals surface area (Å²) in [4.78, 5) is 18.7. The maximum atomic E-state index is 12.2. The molecule has 0 N–H and O–H groups in total. The second-order valence-corrected chi connectivity index (χ2v) is 5.53. The SMILES string of the molecule is Cc1ncc(C(=O)N(CCC#N)CC(C)C)s1. The number of hydrogen-bond acceptors (Lipinski definition) is 4. The molecule has 0 aliphatic rings. The Morgan fingerprint density at radius 2 is 2.35 bits per heavy atom. The Kier molecular flexibility index (Phi) is 5.11. The lowest BCUT2D eigenvalue weighted by Crippen LogP contribution is -2.34. The lowest BCUT2D eigenvalue weighted by molar-refractivity contribution is 0.0744. The zero-order chi connectivity index (χ0) is 12.8. The van der Waals surface area contributed by atoms with Crippen LogP contribution >= 0.6 is 11.3 Å². The second-order valence-electron chi connectivity index (χ2n) is 4.30. The highest BCUT2D eigenvalue weighted by atomic mass is 32.1. The number of nitriles is 1. The third kappa shape index (κ3) is 4.16. The molecule has 5 heteroatoms. The lowest BCUT2D eigenvalue weighted by atomic mass is 10.2. The van der Waals surface area contributed by atoms with Crippen molar-refractivity contribution in [2.24, 2.45) is 5.92 Å². The summed E-state index contributed by atoms with van der Waals surface area (Å²) in [6.45, 7) is 7.17. The second kappa shape index (κ2) is 6.36. The van der Waals surface area contributed by atoms with E-state index in [1.54, 1.807) is 11.1 Å². The van der Waals surface area contributed by atoms with E-state index in [-0.39, 0.29) is 5.91 Å². The van der Waals surface area contributed by atoms with Crippen LogP contribution in [0.3, 0.4) is 0 Å². The van der Waals surface area contributed by atoms with Gasteiger partial charge in [0.2, 0.25) is 0 Å². The molecule has 0 aromatic carbocycles. The number of hydrogen-bond donors (Lipinski definition) is 0. The molecule has 0 spiro atoms. The molecule has 0 fully saturated rings. The fraction of sp³-hybridized carbons (Fsp3) is 0.583. The number of aryl methyl sites for hydroxylation is 1. The van der Waals surface area contributed by atoms with Gasteiger partial charge in [0.15, 0.2) is 0 Å². The van der Waals surface area contributed by atoms with Crippen LogP contribution in [0.5, 0.6) is 0 Å². The summed E-state index contributed by atoms with van der Waals surface area (Å²) in [5, 5.41) is 9.50. The maximum Gasteiger partial charge on any atom is 0.265 e. The van der Waals surface area contributed by atoms with E-state index < -0.39 is 0 Å². The molecule has 1 rings (SSSR count). The molecule has 0 aliphatic heterocycles. The number of amides is 1. The van der Waals surface area contributed by atoms with Crippen molar-refractivity contribution in [2.75, 3.05) is 13.1 Å². The number of thiazole rings is 1. The van der Waals surface area contributed by atoms with Crippen molar-refractivity contribution in [3.8, 4) is 6.07 Å². The van der Waals surface area contributed by atoms with E-state index in [1.165, 1.54) is 11.3 Å². The van der Waals surface area contributed by atoms with Gasteiger partial charge in [-0.05, 0) is 12.8 Å². The number of rotatable bonds is 5. The molecule has 4 nitrogen and oxygen atoms in total. The highest BCUT2D eigenvalue weighted by Gasteiger charge is 2.18. The van der Waals surface area contributed by atoms with Gasteiger partial charge in [-0.15, -0.1) is 11.3 Å². The van der Waals surface area contributed by atoms with Gasteiger partial charge in [-0.3, -0.25) is 4.79 Å². The van der Waals surface area contributed by atoms with Crippen LogP contribution < -0.4 is 0 Å². The first kappa shape index (κ1) is 13.7. The summed E-state index contributed by atoms with van der Waals surface area (Å²) in [5.74, 6) is 0.381. The van der Waals surface area contributed by atoms with Crippen LogP contribution in [0.1, 0.15) is 34.9 Å². The van der Waals surface area contributed by atoms with Crippen LogP contribution in [0, 0.1) is 24.2 Å². The van der Waals surface area contributed by atoms with Crippen LogP contribution in [0.15, 0.2) is 6.20 Å². The molecule has 1 aromatic rings. The molecule has 0 aliphatic carbocycles. The normalized spacial score (nSPS) is 10.3. The Balaban J connectivity index is 2.75. The van der Waals surface area contributed by atoms with Gasteiger partial charge in [0, 0.05) is 13.1 Å². The highest BCUT2D eigenvalue weighted by Crippen LogP contribution is 2.15. The fourth-order valence-electron chi connectivity index (χ4n) is 1.52. The first-order valence-corrected chi connectivity index (χ1v) is 6.45. The maximum absolute atomic E-state index is 12.2. The van der Waals surface area contributed by atoms with Gasteiger partial charge in [-0.2, -0.15) is 5.26 Å². The van der Waals surface area contributed by atoms with Crippen LogP contribution in [0.25, 0.3) is 0 Å². The fourth-order valence-corrected chi connectivity index (χ4v) is 2.26. The summed E-state index contributed by atoms with van der Waals surface area (Å²) in [6, 6.07) is 2.08. The smallest absolute Gasteiger partial charge is 0.265 e. The average Bonchev–Trinajstić information content (AvgIpc) is 2.69. The zero-order valence-corrected chi connectivity index (χ0v) is 11.3. The molecule has 17 heavy (non-hydrogen) atoms. The van der Waals surface area contributed by atoms with Gasteiger partial charge in [0.25, 0.3) is 5.91 Å². The number of carbonyl (C=O) groups excluding carboxylic acids is 1. The standard InChI is InChI=1S/C12H17N3OS/c1-9(2)8-15(6-4-5-13)12(16)11-7-14-10(3)17-11/h7,9H,4,6,8H2,1-3H3. The minimum Gasteiger partial charge on any atom is -0.337 e. The monoisotopic (exact) mass is 251 g/mol. The number of carbonyl (C=O) groups is 1. The molecule has 1 heterocycles. The molecular formula is C12H17N3OS. The van der Waals surface area contributed by atoms with E-state index >= 15 is 0 Å². The topological polar surface area (TPSA) is 57.0 Å². The van der Waals surface area contributed by atoms with E-state index in [2.05, 4.69) is 24.9 Å². The Morgan fingerprint density at radius 1 is 1.65 bits per heavy atom. The molecule has 1 amide bonds. The van der Waals surface area contributed by atoms with E-state index in [0.29, 0.717) is 30.3 Å². The van der Waals surface area contributed by atoms with Crippen molar-refractivity contribution in [3.05, 3.63) is 16.1 Å². The first-order valence-electron chi connectivity index (χ1n) is 5.63. The van der Waals surface area contributed by atoms with E-state index in [9.17, 15) is 4.79 Å². The van der Waals surface area contributed by atoms with Gasteiger partial charge in [-0.25, -0.2) is 4.98 Å². The van der Waals surface area contributed by atoms with Crippen LogP contribution in [0.4, 0.5) is 0 Å². The van der Waals surface area contributed by atoms with Crippen LogP contribution in [-0.4, -0.2) is 28.9 Å². The van der Waals surface area contributed by atoms with Crippen molar-refractivity contribution >= 4 is 17.2 Å². The van der Waals surface area contributed by atoms with Gasteiger partial charge < -0.3 is 4.90 Å². The van der Waals surface area contributed by atoms with Gasteiger partial charge >= 0.3 is 0 Å². The van der Waals surface area contributed by atoms with Gasteiger partial charge in [0.05, 0.1) is 23.7 Å². The van der Waals surface area contributed by atoms with Crippen molar-refractivity contribution in [1.29, 1.82) is 5.26 Å². The lowest BCUT2D eigenvalue weighted by Gasteiger charge is -2.22. The Morgan fingerprint density at radius 3 is 2.82 bits per heavy atom. The Bertz CT molecular complexity index is 420. The molecule has 0 radical (unpaired) electrons. The third-order valence-electron chi connectivity index (χ3n) is 2.20. The molecular weight excluding hydrogens is 234 g/mol. The predicted molar refractivity (Wildman–Crippen MR) is 67.8 cm³/mol. The molecule has 0 bridgehead atoms. The summed E-state index contributed by atoms with van der Waals surface area (Å²) >= 11 is 1.40. The molecule has 1 aromatic heterocycles. The third-order valence-corrected chi connectivity index (χ3v) is 3.10. The largest absolute Gasteiger partial charge is 0.337 e. The average molecular weight is 251 g/mol. The summed E-state index contributed by atoms with van der Waals surface area (Å²) in [7, 11) is 0. The predicted octanol–water partition coefficient (Wildman–Crippen LogP) is 2.46.